The van der Waals surface area contributed by atoms with E-state index >= 15 is 0 Å². The van der Waals surface area contributed by atoms with Crippen molar-refractivity contribution in [3.05, 3.63) is 53.6 Å². The third-order valence-electron chi connectivity index (χ3n) is 6.53. The van der Waals surface area contributed by atoms with E-state index in [2.05, 4.69) is 27.8 Å². The molecule has 0 saturated carbocycles. The van der Waals surface area contributed by atoms with Crippen molar-refractivity contribution in [2.75, 3.05) is 41.8 Å². The van der Waals surface area contributed by atoms with Gasteiger partial charge in [0.1, 0.15) is 0 Å². The second kappa shape index (κ2) is 10.7. The quantitative estimate of drug-likeness (QED) is 0.591. The Hall–Kier alpha value is -3.06. The maximum absolute atomic E-state index is 13.2. The lowest BCUT2D eigenvalue weighted by molar-refractivity contribution is 0.0858. The van der Waals surface area contributed by atoms with Crippen LogP contribution in [-0.4, -0.2) is 44.3 Å². The summed E-state index contributed by atoms with van der Waals surface area (Å²) in [4.78, 5) is 28.0. The van der Waals surface area contributed by atoms with E-state index < -0.39 is 0 Å². The maximum Gasteiger partial charge on any atom is 0.323 e. The standard InChI is InChI=1S/C26H34N4O3/c1-18-11-13-30(14-12-18)24-10-9-20(28-26(32)29-23-8-4-3-6-19(23)2)16-22(24)25(31)27-17-21-7-5-15-33-21/h3-4,6,8-10,16,18,21H,5,7,11-15,17H2,1-2H3,(H,27,31)(H2,28,29,32)/t21-/m1/s1. The topological polar surface area (TPSA) is 82.7 Å². The fourth-order valence-electron chi connectivity index (χ4n) is 4.43. The zero-order valence-corrected chi connectivity index (χ0v) is 19.5. The molecule has 2 aliphatic heterocycles. The Morgan fingerprint density at radius 1 is 1.06 bits per heavy atom. The van der Waals surface area contributed by atoms with Crippen LogP contribution in [0.5, 0.6) is 0 Å². The van der Waals surface area contributed by atoms with E-state index in [4.69, 9.17) is 4.74 Å². The number of amides is 3. The van der Waals surface area contributed by atoms with Crippen LogP contribution in [0.4, 0.5) is 21.9 Å². The summed E-state index contributed by atoms with van der Waals surface area (Å²) in [5.41, 5.74) is 3.81. The van der Waals surface area contributed by atoms with Gasteiger partial charge in [0.25, 0.3) is 5.91 Å². The molecule has 7 heteroatoms. The molecular formula is C26H34N4O3. The summed E-state index contributed by atoms with van der Waals surface area (Å²) in [6.45, 7) is 7.32. The molecule has 0 unspecified atom stereocenters. The molecule has 0 bridgehead atoms. The number of ether oxygens (including phenoxy) is 1. The summed E-state index contributed by atoms with van der Waals surface area (Å²) >= 11 is 0. The molecule has 2 fully saturated rings. The molecular weight excluding hydrogens is 416 g/mol. The van der Waals surface area contributed by atoms with Gasteiger partial charge in [0.2, 0.25) is 0 Å². The molecule has 0 aliphatic carbocycles. The number of para-hydroxylation sites is 1. The van der Waals surface area contributed by atoms with E-state index in [-0.39, 0.29) is 18.0 Å². The van der Waals surface area contributed by atoms with Gasteiger partial charge in [-0.1, -0.05) is 25.1 Å². The lowest BCUT2D eigenvalue weighted by Crippen LogP contribution is -2.36. The Kier molecular flexibility index (Phi) is 7.50. The normalized spacial score (nSPS) is 18.7. The Labute approximate surface area is 195 Å². The highest BCUT2D eigenvalue weighted by Crippen LogP contribution is 2.29. The van der Waals surface area contributed by atoms with Crippen molar-refractivity contribution in [1.29, 1.82) is 0 Å². The number of piperidine rings is 1. The molecule has 2 aromatic rings. The molecule has 0 radical (unpaired) electrons. The summed E-state index contributed by atoms with van der Waals surface area (Å²) in [5, 5.41) is 8.79. The molecule has 3 amide bonds. The number of carbonyl (C=O) groups is 2. The first-order chi connectivity index (χ1) is 16.0. The van der Waals surface area contributed by atoms with Gasteiger partial charge in [-0.3, -0.25) is 4.79 Å². The minimum atomic E-state index is -0.338. The van der Waals surface area contributed by atoms with E-state index in [0.717, 1.165) is 62.3 Å². The van der Waals surface area contributed by atoms with Crippen molar-refractivity contribution in [3.63, 3.8) is 0 Å². The first kappa shape index (κ1) is 23.1. The van der Waals surface area contributed by atoms with Gasteiger partial charge in [0.15, 0.2) is 0 Å². The second-order valence-electron chi connectivity index (χ2n) is 9.14. The van der Waals surface area contributed by atoms with Crippen molar-refractivity contribution < 1.29 is 14.3 Å². The Morgan fingerprint density at radius 2 is 1.85 bits per heavy atom. The summed E-state index contributed by atoms with van der Waals surface area (Å²) in [6.07, 6.45) is 4.30. The van der Waals surface area contributed by atoms with Gasteiger partial charge in [-0.2, -0.15) is 0 Å². The monoisotopic (exact) mass is 450 g/mol. The third-order valence-corrected chi connectivity index (χ3v) is 6.53. The fraction of sp³-hybridized carbons (Fsp3) is 0.462. The van der Waals surface area contributed by atoms with E-state index in [1.54, 1.807) is 6.07 Å². The van der Waals surface area contributed by atoms with Crippen molar-refractivity contribution in [3.8, 4) is 0 Å². The molecule has 33 heavy (non-hydrogen) atoms. The predicted molar refractivity (Wildman–Crippen MR) is 132 cm³/mol. The van der Waals surface area contributed by atoms with Crippen LogP contribution in [0.2, 0.25) is 0 Å². The van der Waals surface area contributed by atoms with Crippen molar-refractivity contribution in [2.24, 2.45) is 5.92 Å². The number of nitrogens with zero attached hydrogens (tertiary/aromatic N) is 1. The predicted octanol–water partition coefficient (Wildman–Crippen LogP) is 4.78. The van der Waals surface area contributed by atoms with Crippen LogP contribution in [0, 0.1) is 12.8 Å². The van der Waals surface area contributed by atoms with Crippen molar-refractivity contribution in [2.45, 2.75) is 45.6 Å². The average molecular weight is 451 g/mol. The molecule has 2 saturated heterocycles. The van der Waals surface area contributed by atoms with Crippen LogP contribution in [0.25, 0.3) is 0 Å². The number of nitrogens with one attached hydrogen (secondary N) is 3. The summed E-state index contributed by atoms with van der Waals surface area (Å²) < 4.78 is 5.65. The highest BCUT2D eigenvalue weighted by Gasteiger charge is 2.23. The van der Waals surface area contributed by atoms with Crippen LogP contribution in [-0.2, 0) is 4.74 Å². The second-order valence-corrected chi connectivity index (χ2v) is 9.14. The molecule has 1 atom stereocenters. The Morgan fingerprint density at radius 3 is 2.58 bits per heavy atom. The number of rotatable bonds is 6. The van der Waals surface area contributed by atoms with Gasteiger partial charge in [0, 0.05) is 43.3 Å². The third kappa shape index (κ3) is 6.05. The molecule has 3 N–H and O–H groups in total. The van der Waals surface area contributed by atoms with E-state index in [1.807, 2.05) is 43.3 Å². The number of anilines is 3. The minimum Gasteiger partial charge on any atom is -0.376 e. The van der Waals surface area contributed by atoms with E-state index in [1.165, 1.54) is 0 Å². The average Bonchev–Trinajstić information content (AvgIpc) is 3.33. The summed E-state index contributed by atoms with van der Waals surface area (Å²) in [6, 6.07) is 12.9. The van der Waals surface area contributed by atoms with Crippen molar-refractivity contribution in [1.82, 2.24) is 5.32 Å². The number of aryl methyl sites for hydroxylation is 1. The lowest BCUT2D eigenvalue weighted by atomic mass is 9.97. The molecule has 7 nitrogen and oxygen atoms in total. The van der Waals surface area contributed by atoms with Crippen LogP contribution in [0.3, 0.4) is 0 Å². The number of carbonyl (C=O) groups excluding carboxylic acids is 2. The smallest absolute Gasteiger partial charge is 0.323 e. The number of benzene rings is 2. The molecule has 2 aliphatic rings. The van der Waals surface area contributed by atoms with Crippen LogP contribution in [0.15, 0.2) is 42.5 Å². The number of hydrogen-bond donors (Lipinski definition) is 3. The zero-order valence-electron chi connectivity index (χ0n) is 19.5. The molecule has 4 rings (SSSR count). The number of hydrogen-bond acceptors (Lipinski definition) is 4. The highest BCUT2D eigenvalue weighted by atomic mass is 16.5. The first-order valence-corrected chi connectivity index (χ1v) is 11.9. The fourth-order valence-corrected chi connectivity index (χ4v) is 4.43. The van der Waals surface area contributed by atoms with Crippen LogP contribution < -0.4 is 20.9 Å². The Bertz CT molecular complexity index is 979. The molecule has 2 heterocycles. The molecule has 2 aromatic carbocycles. The minimum absolute atomic E-state index is 0.0782. The van der Waals surface area contributed by atoms with E-state index in [9.17, 15) is 9.59 Å². The van der Waals surface area contributed by atoms with Gasteiger partial charge in [-0.15, -0.1) is 0 Å². The van der Waals surface area contributed by atoms with Crippen molar-refractivity contribution >= 4 is 29.0 Å². The molecule has 0 spiro atoms. The molecule has 0 aromatic heterocycles. The van der Waals surface area contributed by atoms with Gasteiger partial charge in [-0.25, -0.2) is 4.79 Å². The van der Waals surface area contributed by atoms with Gasteiger partial charge < -0.3 is 25.6 Å². The Balaban J connectivity index is 1.50. The molecule has 176 valence electrons. The summed E-state index contributed by atoms with van der Waals surface area (Å²) in [7, 11) is 0. The van der Waals surface area contributed by atoms with Gasteiger partial charge in [-0.05, 0) is 68.4 Å². The SMILES string of the molecule is Cc1ccccc1NC(=O)Nc1ccc(N2CCC(C)CC2)c(C(=O)NC[C@H]2CCCO2)c1. The van der Waals surface area contributed by atoms with Gasteiger partial charge >= 0.3 is 6.03 Å². The first-order valence-electron chi connectivity index (χ1n) is 11.9. The van der Waals surface area contributed by atoms with Crippen LogP contribution >= 0.6 is 0 Å². The lowest BCUT2D eigenvalue weighted by Gasteiger charge is -2.33. The highest BCUT2D eigenvalue weighted by molar-refractivity contribution is 6.04. The van der Waals surface area contributed by atoms with Gasteiger partial charge in [0.05, 0.1) is 11.7 Å². The number of urea groups is 1. The van der Waals surface area contributed by atoms with E-state index in [0.29, 0.717) is 23.7 Å². The zero-order chi connectivity index (χ0) is 23.2. The largest absolute Gasteiger partial charge is 0.376 e. The summed E-state index contributed by atoms with van der Waals surface area (Å²) in [5.74, 6) is 0.561. The van der Waals surface area contributed by atoms with Crippen LogP contribution in [0.1, 0.15) is 48.5 Å². The maximum atomic E-state index is 13.2.